The second-order valence-electron chi connectivity index (χ2n) is 6.58. The number of aromatic nitrogens is 4. The average Bonchev–Trinajstić information content (AvgIpc) is 3.27. The topological polar surface area (TPSA) is 75.9 Å². The molecule has 1 aromatic rings. The zero-order chi connectivity index (χ0) is 15.4. The fourth-order valence-electron chi connectivity index (χ4n) is 3.05. The van der Waals surface area contributed by atoms with Gasteiger partial charge in [0.1, 0.15) is 0 Å². The van der Waals surface area contributed by atoms with Crippen LogP contribution in [0.1, 0.15) is 44.9 Å². The largest absolute Gasteiger partial charge is 0.356 e. The van der Waals surface area contributed by atoms with Crippen molar-refractivity contribution in [3.63, 3.8) is 0 Å². The van der Waals surface area contributed by atoms with Crippen LogP contribution in [-0.2, 0) is 17.9 Å². The monoisotopic (exact) mass is 306 g/mol. The summed E-state index contributed by atoms with van der Waals surface area (Å²) in [7, 11) is 0. The Morgan fingerprint density at radius 2 is 2.23 bits per heavy atom. The lowest BCUT2D eigenvalue weighted by Crippen LogP contribution is -2.43. The highest BCUT2D eigenvalue weighted by Gasteiger charge is 2.28. The molecular formula is C15H26N6O. The van der Waals surface area contributed by atoms with E-state index in [0.29, 0.717) is 0 Å². The second-order valence-corrected chi connectivity index (χ2v) is 6.58. The molecule has 0 bridgehead atoms. The molecule has 1 amide bonds. The number of rotatable bonds is 7. The first kappa shape index (κ1) is 15.4. The molecule has 2 heterocycles. The third kappa shape index (κ3) is 4.03. The summed E-state index contributed by atoms with van der Waals surface area (Å²) in [6, 6.07) is 0. The lowest BCUT2D eigenvalue weighted by molar-refractivity contribution is -0.126. The quantitative estimate of drug-likeness (QED) is 0.807. The number of hydrogen-bond donors (Lipinski definition) is 1. The van der Waals surface area contributed by atoms with Crippen LogP contribution < -0.4 is 5.32 Å². The molecular weight excluding hydrogens is 280 g/mol. The molecule has 0 spiro atoms. The summed E-state index contributed by atoms with van der Waals surface area (Å²) < 4.78 is 1.87. The summed E-state index contributed by atoms with van der Waals surface area (Å²) in [5.74, 6) is 1.98. The third-order valence-electron chi connectivity index (χ3n) is 4.54. The highest BCUT2D eigenvalue weighted by atomic mass is 16.1. The van der Waals surface area contributed by atoms with Crippen LogP contribution in [0.2, 0.25) is 0 Å². The first-order valence-corrected chi connectivity index (χ1v) is 8.51. The smallest absolute Gasteiger partial charge is 0.224 e. The molecule has 0 radical (unpaired) electrons. The Bertz CT molecular complexity index is 498. The van der Waals surface area contributed by atoms with Gasteiger partial charge >= 0.3 is 0 Å². The molecule has 2 aliphatic rings. The number of nitrogens with one attached hydrogen (secondary N) is 1. The predicted octanol–water partition coefficient (Wildman–Crippen LogP) is 0.821. The number of piperidine rings is 1. The maximum atomic E-state index is 12.3. The van der Waals surface area contributed by atoms with Gasteiger partial charge in [-0.25, -0.2) is 4.68 Å². The van der Waals surface area contributed by atoms with Crippen LogP contribution in [0.15, 0.2) is 0 Å². The Kier molecular flexibility index (Phi) is 5.02. The van der Waals surface area contributed by atoms with Crippen LogP contribution in [-0.4, -0.2) is 50.6 Å². The van der Waals surface area contributed by atoms with E-state index in [9.17, 15) is 4.79 Å². The molecule has 1 saturated heterocycles. The standard InChI is InChI=1S/C15H26N6O/c1-2-7-21-14(17-18-19-21)11-20-8-3-4-13(10-20)15(22)16-9-12-5-6-12/h12-13H,2-11H2,1H3,(H,16,22)/t13-/m0/s1. The van der Waals surface area contributed by atoms with Gasteiger partial charge in [0.15, 0.2) is 5.82 Å². The minimum absolute atomic E-state index is 0.114. The highest BCUT2D eigenvalue weighted by Crippen LogP contribution is 2.28. The number of nitrogens with zero attached hydrogens (tertiary/aromatic N) is 5. The highest BCUT2D eigenvalue weighted by molar-refractivity contribution is 5.79. The zero-order valence-corrected chi connectivity index (χ0v) is 13.4. The summed E-state index contributed by atoms with van der Waals surface area (Å²) >= 11 is 0. The van der Waals surface area contributed by atoms with Gasteiger partial charge in [0, 0.05) is 19.6 Å². The van der Waals surface area contributed by atoms with Crippen molar-refractivity contribution < 1.29 is 4.79 Å². The third-order valence-corrected chi connectivity index (χ3v) is 4.54. The van der Waals surface area contributed by atoms with Gasteiger partial charge < -0.3 is 5.32 Å². The summed E-state index contributed by atoms with van der Waals surface area (Å²) in [6.07, 6.45) is 5.63. The van der Waals surface area contributed by atoms with Gasteiger partial charge in [-0.3, -0.25) is 9.69 Å². The lowest BCUT2D eigenvalue weighted by atomic mass is 9.97. The average molecular weight is 306 g/mol. The molecule has 22 heavy (non-hydrogen) atoms. The molecule has 1 aliphatic heterocycles. The molecule has 122 valence electrons. The van der Waals surface area contributed by atoms with Crippen molar-refractivity contribution in [1.29, 1.82) is 0 Å². The summed E-state index contributed by atoms with van der Waals surface area (Å²) in [4.78, 5) is 14.6. The van der Waals surface area contributed by atoms with Gasteiger partial charge in [-0.2, -0.15) is 0 Å². The Morgan fingerprint density at radius 1 is 1.36 bits per heavy atom. The first-order valence-electron chi connectivity index (χ1n) is 8.51. The summed E-state index contributed by atoms with van der Waals surface area (Å²) in [5.41, 5.74) is 0. The molecule has 7 heteroatoms. The van der Waals surface area contributed by atoms with E-state index in [2.05, 4.69) is 32.7 Å². The van der Waals surface area contributed by atoms with E-state index < -0.39 is 0 Å². The van der Waals surface area contributed by atoms with Gasteiger partial charge in [-0.05, 0) is 55.0 Å². The lowest BCUT2D eigenvalue weighted by Gasteiger charge is -2.31. The molecule has 3 rings (SSSR count). The van der Waals surface area contributed by atoms with Gasteiger partial charge in [-0.1, -0.05) is 6.92 Å². The maximum Gasteiger partial charge on any atom is 0.224 e. The first-order chi connectivity index (χ1) is 10.8. The van der Waals surface area contributed by atoms with Crippen molar-refractivity contribution in [2.45, 2.75) is 52.1 Å². The molecule has 1 N–H and O–H groups in total. The Hall–Kier alpha value is -1.50. The molecule has 1 aromatic heterocycles. The number of amides is 1. The van der Waals surface area contributed by atoms with Crippen LogP contribution in [0.5, 0.6) is 0 Å². The minimum atomic E-state index is 0.114. The van der Waals surface area contributed by atoms with Crippen LogP contribution in [0.25, 0.3) is 0 Å². The summed E-state index contributed by atoms with van der Waals surface area (Å²) in [6.45, 7) is 6.40. The Morgan fingerprint density at radius 3 is 3.00 bits per heavy atom. The fraction of sp³-hybridized carbons (Fsp3) is 0.867. The summed E-state index contributed by atoms with van der Waals surface area (Å²) in [5, 5.41) is 15.0. The Labute approximate surface area is 131 Å². The van der Waals surface area contributed by atoms with E-state index >= 15 is 0 Å². The molecule has 1 atom stereocenters. The van der Waals surface area contributed by atoms with Crippen molar-refractivity contribution in [3.05, 3.63) is 5.82 Å². The van der Waals surface area contributed by atoms with Crippen molar-refractivity contribution in [1.82, 2.24) is 30.4 Å². The van der Waals surface area contributed by atoms with Crippen molar-refractivity contribution >= 4 is 5.91 Å². The van der Waals surface area contributed by atoms with Crippen LogP contribution in [0, 0.1) is 11.8 Å². The number of aryl methyl sites for hydroxylation is 1. The van der Waals surface area contributed by atoms with E-state index in [1.54, 1.807) is 0 Å². The van der Waals surface area contributed by atoms with E-state index in [-0.39, 0.29) is 11.8 Å². The van der Waals surface area contributed by atoms with E-state index in [4.69, 9.17) is 0 Å². The number of likely N-dealkylation sites (tertiary alicyclic amines) is 1. The molecule has 1 aliphatic carbocycles. The van der Waals surface area contributed by atoms with Crippen LogP contribution in [0.3, 0.4) is 0 Å². The molecule has 1 saturated carbocycles. The van der Waals surface area contributed by atoms with Gasteiger partial charge in [0.2, 0.25) is 5.91 Å². The van der Waals surface area contributed by atoms with Crippen molar-refractivity contribution in [3.8, 4) is 0 Å². The van der Waals surface area contributed by atoms with Gasteiger partial charge in [0.05, 0.1) is 12.5 Å². The Balaban J connectivity index is 1.51. The van der Waals surface area contributed by atoms with Crippen LogP contribution in [0.4, 0.5) is 0 Å². The normalized spacial score (nSPS) is 22.7. The molecule has 0 aromatic carbocycles. The van der Waals surface area contributed by atoms with Crippen molar-refractivity contribution in [2.75, 3.05) is 19.6 Å². The second kappa shape index (κ2) is 7.17. The van der Waals surface area contributed by atoms with Crippen LogP contribution >= 0.6 is 0 Å². The number of tetrazole rings is 1. The maximum absolute atomic E-state index is 12.3. The van der Waals surface area contributed by atoms with E-state index in [0.717, 1.165) is 63.7 Å². The van der Waals surface area contributed by atoms with Gasteiger partial charge in [0.25, 0.3) is 0 Å². The zero-order valence-electron chi connectivity index (χ0n) is 13.4. The molecule has 0 unspecified atom stereocenters. The molecule has 7 nitrogen and oxygen atoms in total. The minimum Gasteiger partial charge on any atom is -0.356 e. The SMILES string of the molecule is CCCn1nnnc1CN1CCC[C@H](C(=O)NCC2CC2)C1. The van der Waals surface area contributed by atoms with Crippen molar-refractivity contribution in [2.24, 2.45) is 11.8 Å². The van der Waals surface area contributed by atoms with E-state index in [1.807, 2.05) is 4.68 Å². The fourth-order valence-corrected chi connectivity index (χ4v) is 3.05. The number of hydrogen-bond acceptors (Lipinski definition) is 5. The van der Waals surface area contributed by atoms with E-state index in [1.165, 1.54) is 12.8 Å². The number of carbonyl (C=O) groups is 1. The number of carbonyl (C=O) groups excluding carboxylic acids is 1. The predicted molar refractivity (Wildman–Crippen MR) is 81.8 cm³/mol. The van der Waals surface area contributed by atoms with Gasteiger partial charge in [-0.15, -0.1) is 5.10 Å². The molecule has 2 fully saturated rings.